The Kier molecular flexibility index (Phi) is 34.1. The number of amides is 1. The molecule has 3 atom stereocenters. The molecule has 0 saturated carbocycles. The normalized spacial score (nSPS) is 13.6. The number of H-pyrrole nitrogens is 1. The number of halogens is 1. The number of allylic oxidation sites excluding steroid dienone is 3. The second-order valence-corrected chi connectivity index (χ2v) is 19.0. The van der Waals surface area contributed by atoms with E-state index >= 15 is 4.39 Å². The molecule has 3 unspecified atom stereocenters. The molecule has 11 nitrogen and oxygen atoms in total. The van der Waals surface area contributed by atoms with Crippen molar-refractivity contribution in [3.8, 4) is 17.0 Å². The highest BCUT2D eigenvalue weighted by Crippen LogP contribution is 2.38. The van der Waals surface area contributed by atoms with E-state index in [4.69, 9.17) is 4.74 Å². The Morgan fingerprint density at radius 2 is 1.63 bits per heavy atom. The predicted molar refractivity (Wildman–Crippen MR) is 313 cm³/mol. The summed E-state index contributed by atoms with van der Waals surface area (Å²) in [7, 11) is 2.85. The number of hydrogen-bond acceptors (Lipinski definition) is 10. The summed E-state index contributed by atoms with van der Waals surface area (Å²) in [4.78, 5) is 21.1. The molecule has 13 heteroatoms. The highest BCUT2D eigenvalue weighted by atomic mass is 32.1. The largest absolute Gasteiger partial charge is 0.483 e. The molecule has 3 heterocycles. The van der Waals surface area contributed by atoms with Gasteiger partial charge in [-0.1, -0.05) is 149 Å². The second-order valence-electron chi connectivity index (χ2n) is 17.9. The third-order valence-corrected chi connectivity index (χ3v) is 12.7. The van der Waals surface area contributed by atoms with Gasteiger partial charge in [0.1, 0.15) is 28.5 Å². The number of aromatic nitrogens is 4. The van der Waals surface area contributed by atoms with Crippen LogP contribution >= 0.6 is 11.3 Å². The van der Waals surface area contributed by atoms with Crippen LogP contribution in [0.5, 0.6) is 5.75 Å². The van der Waals surface area contributed by atoms with Gasteiger partial charge in [-0.3, -0.25) is 0 Å². The van der Waals surface area contributed by atoms with E-state index in [0.29, 0.717) is 22.8 Å². The molecule has 0 bridgehead atoms. The van der Waals surface area contributed by atoms with Gasteiger partial charge in [0.2, 0.25) is 0 Å². The van der Waals surface area contributed by atoms with Crippen molar-refractivity contribution in [2.24, 2.45) is 11.7 Å². The van der Waals surface area contributed by atoms with E-state index in [1.54, 1.807) is 6.07 Å². The first-order valence-electron chi connectivity index (χ1n) is 26.2. The molecular weight excluding hydrogens is 932 g/mol. The molecule has 0 spiro atoms. The Bertz CT molecular complexity index is 2330. The number of likely N-dealkylation sites (tertiary alicyclic amines) is 1. The molecule has 0 aliphatic carbocycles. The number of carbonyl (C=O) groups excluding carboxylic acids is 1. The zero-order valence-electron chi connectivity index (χ0n) is 47.9. The molecule has 2 aromatic carbocycles. The number of aromatic amines is 1. The standard InChI is InChI=1S/C41H51FN6OS.C9H17NO2.C4H10.C3H8.C2H4.CH5N/c1-10-15-27(7)48-19-14-16-36(48)28(8)44-34(11-2)32-22-33(42)40(37(23-32)49-29(9)41-47-46-39(13-4)50-41)26(6)20-31-21-30(18-17-25(31)5)35-24-43-38(12-3)45-35;1-6(2)8(7(3)4)10-9(11)12-5;1-3-4-2;1-3-2;2*1-2/h11,17-18,20-24,29,36,44H,7-8,10,12-16,19H2,1-6,9H3,(H,43,45);7-8H,1H2,2-5H3,(H,10,11);3-4H2,1-2H3;3H2,1-2H3;1-2H2;2H2,1H3/b26-20+,34-11-;;;;;. The van der Waals surface area contributed by atoms with Gasteiger partial charge in [0.05, 0.1) is 36.6 Å². The van der Waals surface area contributed by atoms with Crippen LogP contribution in [0.15, 0.2) is 92.5 Å². The summed E-state index contributed by atoms with van der Waals surface area (Å²) >= 11 is 1.52. The van der Waals surface area contributed by atoms with Crippen LogP contribution in [0, 0.1) is 18.7 Å². The number of methoxy groups -OCH3 is 1. The van der Waals surface area contributed by atoms with E-state index < -0.39 is 12.2 Å². The number of nitrogens with one attached hydrogen (secondary N) is 3. The molecule has 0 radical (unpaired) electrons. The van der Waals surface area contributed by atoms with Crippen LogP contribution in [0.25, 0.3) is 28.6 Å². The quantitative estimate of drug-likeness (QED) is 0.0533. The molecular formula is C60H95FN8O3S. The summed E-state index contributed by atoms with van der Waals surface area (Å²) < 4.78 is 27.7. The van der Waals surface area contributed by atoms with Gasteiger partial charge in [0, 0.05) is 41.2 Å². The SMILES string of the molecule is C=C.C=C(C)C(NC(=O)OC)C(C)C.C=C(N/C(=C\C)c1cc(F)c(/C(C)=C/c2cc(-c3cnc(CC)[nH]3)ccc2C)c(OC(C)c2nnc(CC)s2)c1)C1CCCN1C(=C)CCC.CCC.CCCC.CN. The summed E-state index contributed by atoms with van der Waals surface area (Å²) in [5.74, 6) is 1.34. The molecule has 1 aliphatic rings. The van der Waals surface area contributed by atoms with Crippen molar-refractivity contribution in [2.45, 2.75) is 173 Å². The van der Waals surface area contributed by atoms with E-state index in [1.165, 1.54) is 44.8 Å². The van der Waals surface area contributed by atoms with Crippen molar-refractivity contribution in [3.63, 3.8) is 0 Å². The molecule has 1 aliphatic heterocycles. The Morgan fingerprint density at radius 1 is 0.986 bits per heavy atom. The maximum absolute atomic E-state index is 16.6. The van der Waals surface area contributed by atoms with Crippen molar-refractivity contribution in [3.05, 3.63) is 136 Å². The highest BCUT2D eigenvalue weighted by molar-refractivity contribution is 7.11. The van der Waals surface area contributed by atoms with Crippen LogP contribution in [0.1, 0.15) is 179 Å². The van der Waals surface area contributed by atoms with Crippen molar-refractivity contribution in [1.29, 1.82) is 0 Å². The molecule has 73 heavy (non-hydrogen) atoms. The third-order valence-electron chi connectivity index (χ3n) is 11.5. The zero-order valence-corrected chi connectivity index (χ0v) is 48.7. The summed E-state index contributed by atoms with van der Waals surface area (Å²) in [5, 5.41) is 16.6. The summed E-state index contributed by atoms with van der Waals surface area (Å²) in [6, 6.07) is 9.92. The van der Waals surface area contributed by atoms with Gasteiger partial charge < -0.3 is 35.7 Å². The second kappa shape index (κ2) is 37.0. The molecule has 1 saturated heterocycles. The monoisotopic (exact) mass is 1030 g/mol. The molecule has 5 N–H and O–H groups in total. The molecule has 1 amide bonds. The van der Waals surface area contributed by atoms with Crippen LogP contribution in [0.4, 0.5) is 9.18 Å². The number of nitrogens with two attached hydrogens (primary N) is 1. The number of hydrogen-bond donors (Lipinski definition) is 4. The fourth-order valence-corrected chi connectivity index (χ4v) is 8.30. The van der Waals surface area contributed by atoms with Crippen molar-refractivity contribution < 1.29 is 18.7 Å². The Labute approximate surface area is 445 Å². The first-order chi connectivity index (χ1) is 34.9. The zero-order chi connectivity index (χ0) is 55.8. The Balaban J connectivity index is 0.00000189. The number of aryl methyl sites for hydroxylation is 3. The number of rotatable bonds is 19. The van der Waals surface area contributed by atoms with Crippen LogP contribution in [-0.2, 0) is 17.6 Å². The van der Waals surface area contributed by atoms with E-state index in [9.17, 15) is 4.79 Å². The van der Waals surface area contributed by atoms with E-state index in [1.807, 2.05) is 66.0 Å². The van der Waals surface area contributed by atoms with Crippen molar-refractivity contribution in [1.82, 2.24) is 35.7 Å². The van der Waals surface area contributed by atoms with Gasteiger partial charge in [-0.2, -0.15) is 0 Å². The molecule has 406 valence electrons. The number of ether oxygens (including phenoxy) is 2. The first-order valence-corrected chi connectivity index (χ1v) is 27.0. The van der Waals surface area contributed by atoms with Gasteiger partial charge in [-0.25, -0.2) is 14.2 Å². The minimum absolute atomic E-state index is 0.00236. The Hall–Kier alpha value is -5.79. The van der Waals surface area contributed by atoms with Crippen LogP contribution in [-0.4, -0.2) is 63.9 Å². The van der Waals surface area contributed by atoms with Gasteiger partial charge >= 0.3 is 6.09 Å². The third kappa shape index (κ3) is 22.1. The summed E-state index contributed by atoms with van der Waals surface area (Å²) in [5.41, 5.74) is 14.1. The fourth-order valence-electron chi connectivity index (χ4n) is 7.54. The molecule has 2 aromatic heterocycles. The van der Waals surface area contributed by atoms with Crippen molar-refractivity contribution >= 4 is 34.8 Å². The van der Waals surface area contributed by atoms with Crippen LogP contribution < -0.4 is 21.1 Å². The minimum Gasteiger partial charge on any atom is -0.483 e. The number of imidazole rings is 1. The number of alkyl carbamates (subject to hydrolysis) is 1. The predicted octanol–water partition coefficient (Wildman–Crippen LogP) is 16.0. The minimum atomic E-state index is -0.430. The summed E-state index contributed by atoms with van der Waals surface area (Å²) in [6.07, 6.45) is 14.6. The number of unbranched alkanes of at least 4 members (excludes halogenated alkanes) is 1. The average Bonchev–Trinajstić information content (AvgIpc) is 4.19. The number of nitrogens with zero attached hydrogens (tertiary/aromatic N) is 4. The van der Waals surface area contributed by atoms with E-state index in [2.05, 4.69) is 153 Å². The van der Waals surface area contributed by atoms with E-state index in [0.717, 1.165) is 112 Å². The smallest absolute Gasteiger partial charge is 0.407 e. The average molecular weight is 1030 g/mol. The highest BCUT2D eigenvalue weighted by Gasteiger charge is 2.28. The lowest BCUT2D eigenvalue weighted by molar-refractivity contribution is 0.165. The molecule has 5 rings (SSSR count). The van der Waals surface area contributed by atoms with Gasteiger partial charge in [-0.15, -0.1) is 23.4 Å². The number of benzene rings is 2. The maximum atomic E-state index is 16.6. The fraction of sp³-hybridized carbons (Fsp3) is 0.500. The Morgan fingerprint density at radius 3 is 2.14 bits per heavy atom. The number of carbonyl (C=O) groups is 1. The van der Waals surface area contributed by atoms with Crippen LogP contribution in [0.3, 0.4) is 0 Å². The van der Waals surface area contributed by atoms with E-state index in [-0.39, 0.29) is 17.9 Å². The van der Waals surface area contributed by atoms with Crippen LogP contribution in [0.2, 0.25) is 0 Å². The lowest BCUT2D eigenvalue weighted by Gasteiger charge is -2.31. The topological polar surface area (TPSA) is 143 Å². The van der Waals surface area contributed by atoms with Gasteiger partial charge in [0.15, 0.2) is 5.01 Å². The maximum Gasteiger partial charge on any atom is 0.407 e. The first kappa shape index (κ1) is 67.2. The molecule has 1 fully saturated rings. The van der Waals surface area contributed by atoms with Gasteiger partial charge in [0.25, 0.3) is 0 Å². The summed E-state index contributed by atoms with van der Waals surface area (Å²) in [6.45, 7) is 48.3. The van der Waals surface area contributed by atoms with Gasteiger partial charge in [-0.05, 0) is 108 Å². The lowest BCUT2D eigenvalue weighted by atomic mass is 9.96. The molecule has 4 aromatic rings. The van der Waals surface area contributed by atoms with Crippen molar-refractivity contribution in [2.75, 3.05) is 20.7 Å². The lowest BCUT2D eigenvalue weighted by Crippen LogP contribution is -2.39.